The zero-order chi connectivity index (χ0) is 9.61. The quantitative estimate of drug-likeness (QED) is 0.218. The lowest BCUT2D eigenvalue weighted by Gasteiger charge is -2.03. The molecule has 11 heteroatoms. The van der Waals surface area contributed by atoms with Crippen LogP contribution in [0.5, 0.6) is 0 Å². The molecule has 0 aliphatic heterocycles. The van der Waals surface area contributed by atoms with E-state index in [2.05, 4.69) is 11.7 Å². The van der Waals surface area contributed by atoms with Crippen LogP contribution in [0, 0.1) is 0 Å². The summed E-state index contributed by atoms with van der Waals surface area (Å²) in [6, 6.07) is 0. The second kappa shape index (κ2) is 8.56. The molecule has 1 unspecified atom stereocenters. The van der Waals surface area contributed by atoms with Crippen LogP contribution in [0.2, 0.25) is 0 Å². The van der Waals surface area contributed by atoms with Crippen LogP contribution in [0.3, 0.4) is 0 Å². The second-order valence-electron chi connectivity index (χ2n) is 1.10. The molecule has 0 amide bonds. The summed E-state index contributed by atoms with van der Waals surface area (Å²) < 4.78 is 11.8. The van der Waals surface area contributed by atoms with E-state index in [0.29, 0.717) is 3.76 Å². The van der Waals surface area contributed by atoms with Crippen molar-refractivity contribution in [3.05, 3.63) is 0 Å². The van der Waals surface area contributed by atoms with Crippen LogP contribution >= 0.6 is 73.6 Å². The largest absolute Gasteiger partial charge is 0.246 e. The molecule has 0 radical (unpaired) electrons. The Morgan fingerprint density at radius 1 is 1.50 bits per heavy atom. The molecule has 74 valence electrons. The van der Waals surface area contributed by atoms with Crippen molar-refractivity contribution in [2.24, 2.45) is 0 Å². The van der Waals surface area contributed by atoms with Crippen LogP contribution in [0.4, 0.5) is 0 Å². The van der Waals surface area contributed by atoms with E-state index in [9.17, 15) is 4.21 Å². The summed E-state index contributed by atoms with van der Waals surface area (Å²) in [7, 11) is 4.57. The highest BCUT2D eigenvalue weighted by atomic mass is 127. The molecule has 0 aromatic heterocycles. The maximum atomic E-state index is 11.3. The molecule has 0 N–H and O–H groups in total. The van der Waals surface area contributed by atoms with E-state index >= 15 is 0 Å². The van der Waals surface area contributed by atoms with Crippen molar-refractivity contribution < 1.29 is 4.21 Å². The molecule has 0 aliphatic rings. The summed E-state index contributed by atoms with van der Waals surface area (Å²) in [4.78, 5) is 0. The maximum Gasteiger partial charge on any atom is 0.108 e. The minimum atomic E-state index is -1.84. The van der Waals surface area contributed by atoms with Crippen LogP contribution in [0.1, 0.15) is 0 Å². The highest BCUT2D eigenvalue weighted by Crippen LogP contribution is 2.48. The lowest BCUT2D eigenvalue weighted by Crippen LogP contribution is -1.98. The number of alkyl halides is 1. The minimum absolute atomic E-state index is 0.520. The third-order valence-electron chi connectivity index (χ3n) is 0.486. The SMILES string of the molecule is O=S(CI)S(=S)(=S)SSSSS. The van der Waals surface area contributed by atoms with Gasteiger partial charge < -0.3 is 0 Å². The molecule has 0 bridgehead atoms. The molecule has 0 aromatic rings. The number of thiol groups is 1. The highest BCUT2D eigenvalue weighted by Gasteiger charge is 2.11. The Kier molecular flexibility index (Phi) is 11.0. The molecule has 0 aromatic carbocycles. The van der Waals surface area contributed by atoms with Gasteiger partial charge in [0.25, 0.3) is 0 Å². The van der Waals surface area contributed by atoms with Gasteiger partial charge in [-0.05, 0) is 42.0 Å². The molecule has 0 saturated heterocycles. The monoisotopic (exact) mass is 446 g/mol. The van der Waals surface area contributed by atoms with Crippen molar-refractivity contribution in [1.82, 2.24) is 0 Å². The van der Waals surface area contributed by atoms with E-state index in [1.54, 1.807) is 0 Å². The van der Waals surface area contributed by atoms with Gasteiger partial charge in [0.15, 0.2) is 0 Å². The first-order chi connectivity index (χ1) is 5.54. The zero-order valence-electron chi connectivity index (χ0n) is 5.21. The molecule has 0 rings (SSSR count). The van der Waals surface area contributed by atoms with Gasteiger partial charge in [-0.25, -0.2) is 4.21 Å². The molecule has 12 heavy (non-hydrogen) atoms. The topological polar surface area (TPSA) is 17.1 Å². The van der Waals surface area contributed by atoms with Crippen LogP contribution < -0.4 is 0 Å². The van der Waals surface area contributed by atoms with Crippen LogP contribution in [0.25, 0.3) is 0 Å². The summed E-state index contributed by atoms with van der Waals surface area (Å²) in [5, 5.41) is -1.84. The predicted molar refractivity (Wildman–Crippen MR) is 88.5 cm³/mol. The summed E-state index contributed by atoms with van der Waals surface area (Å²) >= 11 is 16.1. The van der Waals surface area contributed by atoms with E-state index in [0.717, 1.165) is 0 Å². The molecular formula is CH3IOS9. The molecule has 0 heterocycles. The fourth-order valence-electron chi connectivity index (χ4n) is 0.143. The van der Waals surface area contributed by atoms with Crippen LogP contribution in [0.15, 0.2) is 0 Å². The first-order valence-electron chi connectivity index (χ1n) is 2.07. The van der Waals surface area contributed by atoms with E-state index in [1.165, 1.54) is 39.3 Å². The van der Waals surface area contributed by atoms with Gasteiger partial charge in [-0.2, -0.15) is 0 Å². The number of hydrogen-bond acceptors (Lipinski definition) is 8. The average Bonchev–Trinajstić information content (AvgIpc) is 2.03. The van der Waals surface area contributed by atoms with Gasteiger partial charge in [0.1, 0.15) is 9.83 Å². The summed E-state index contributed by atoms with van der Waals surface area (Å²) in [6.07, 6.45) is 0. The smallest absolute Gasteiger partial charge is 0.108 e. The third kappa shape index (κ3) is 6.82. The van der Waals surface area contributed by atoms with Crippen molar-refractivity contribution in [3.8, 4) is 0 Å². The maximum absolute atomic E-state index is 11.3. The van der Waals surface area contributed by atoms with Gasteiger partial charge in [-0.1, -0.05) is 34.3 Å². The molecular weight excluding hydrogens is 444 g/mol. The Morgan fingerprint density at radius 2 is 2.08 bits per heavy atom. The van der Waals surface area contributed by atoms with Gasteiger partial charge in [-0.3, -0.25) is 0 Å². The van der Waals surface area contributed by atoms with Gasteiger partial charge in [-0.15, -0.1) is 0 Å². The van der Waals surface area contributed by atoms with Crippen molar-refractivity contribution in [3.63, 3.8) is 0 Å². The Labute approximate surface area is 117 Å². The molecule has 0 saturated carbocycles. The van der Waals surface area contributed by atoms with Gasteiger partial charge in [0, 0.05) is 19.7 Å². The van der Waals surface area contributed by atoms with Crippen molar-refractivity contribution >= 4 is 111 Å². The molecule has 1 atom stereocenters. The standard InChI is InChI=1S/CH3IOS9/c2-1-11(3)12(5,6)10-9-8-7-4/h4H,1H2. The molecule has 0 spiro atoms. The lowest BCUT2D eigenvalue weighted by molar-refractivity contribution is 0.694. The van der Waals surface area contributed by atoms with E-state index in [4.69, 9.17) is 22.4 Å². The zero-order valence-corrected chi connectivity index (χ0v) is 14.8. The Bertz CT molecular complexity index is 229. The van der Waals surface area contributed by atoms with Gasteiger partial charge in [0.05, 0.1) is 8.97 Å². The second-order valence-corrected chi connectivity index (χ2v) is 22.8. The van der Waals surface area contributed by atoms with Crippen molar-refractivity contribution in [2.45, 2.75) is 0 Å². The van der Waals surface area contributed by atoms with Crippen LogP contribution in [-0.2, 0) is 37.4 Å². The highest BCUT2D eigenvalue weighted by molar-refractivity contribution is 14.1. The normalized spacial score (nSPS) is 14.5. The van der Waals surface area contributed by atoms with Gasteiger partial charge in [0.2, 0.25) is 0 Å². The Hall–Kier alpha value is 3.42. The first kappa shape index (κ1) is 15.4. The fourth-order valence-corrected chi connectivity index (χ4v) is 26.4. The molecule has 0 aliphatic carbocycles. The van der Waals surface area contributed by atoms with E-state index in [-0.39, 0.29) is 0 Å². The van der Waals surface area contributed by atoms with E-state index in [1.807, 2.05) is 22.6 Å². The molecule has 1 nitrogen and oxygen atoms in total. The number of rotatable bonds is 6. The fraction of sp³-hybridized carbons (Fsp3) is 1.00. The number of hydrogen-bond donors (Lipinski definition) is 1. The first-order valence-corrected chi connectivity index (χ1v) is 15.3. The summed E-state index contributed by atoms with van der Waals surface area (Å²) in [5.41, 5.74) is 0. The van der Waals surface area contributed by atoms with E-state index < -0.39 is 15.0 Å². The minimum Gasteiger partial charge on any atom is -0.246 e. The average molecular weight is 447 g/mol. The summed E-state index contributed by atoms with van der Waals surface area (Å²) in [6.45, 7) is 0. The van der Waals surface area contributed by atoms with Gasteiger partial charge >= 0.3 is 0 Å². The Balaban J connectivity index is 3.97. The Morgan fingerprint density at radius 3 is 2.50 bits per heavy atom. The van der Waals surface area contributed by atoms with Crippen LogP contribution in [-0.4, -0.2) is 7.97 Å². The van der Waals surface area contributed by atoms with Crippen molar-refractivity contribution in [1.29, 1.82) is 0 Å². The summed E-state index contributed by atoms with van der Waals surface area (Å²) in [5.74, 6) is 0. The lowest BCUT2D eigenvalue weighted by atomic mass is 12.0. The van der Waals surface area contributed by atoms with Crippen molar-refractivity contribution in [2.75, 3.05) is 3.76 Å². The number of halogens is 1. The predicted octanol–water partition coefficient (Wildman–Crippen LogP) is 3.56. The molecule has 0 fully saturated rings. The third-order valence-corrected chi connectivity index (χ3v) is 23.4.